The Kier molecular flexibility index (Phi) is 2.63. The van der Waals surface area contributed by atoms with Crippen molar-refractivity contribution in [2.45, 2.75) is 13.3 Å². The van der Waals surface area contributed by atoms with E-state index in [0.717, 1.165) is 15.2 Å². The minimum absolute atomic E-state index is 0.926. The first-order chi connectivity index (χ1) is 6.22. The Morgan fingerprint density at radius 1 is 1.46 bits per heavy atom. The minimum atomic E-state index is 0.926. The Morgan fingerprint density at radius 3 is 2.92 bits per heavy atom. The van der Waals surface area contributed by atoms with Gasteiger partial charge in [-0.05, 0) is 35.6 Å². The van der Waals surface area contributed by atoms with Crippen LogP contribution in [0.25, 0.3) is 10.1 Å². The third-order valence-electron chi connectivity index (χ3n) is 2.06. The molecule has 0 amide bonds. The van der Waals surface area contributed by atoms with Crippen LogP contribution < -0.4 is 0 Å². The van der Waals surface area contributed by atoms with Crippen LogP contribution in [0.4, 0.5) is 0 Å². The van der Waals surface area contributed by atoms with Gasteiger partial charge in [0.25, 0.3) is 0 Å². The monoisotopic (exact) mass is 274 g/mol. The van der Waals surface area contributed by atoms with Gasteiger partial charge >= 0.3 is 0 Å². The van der Waals surface area contributed by atoms with Crippen LogP contribution in [-0.4, -0.2) is 0 Å². The summed E-state index contributed by atoms with van der Waals surface area (Å²) in [5.41, 5.74) is 1.27. The summed E-state index contributed by atoms with van der Waals surface area (Å²) >= 11 is 11.2. The highest BCUT2D eigenvalue weighted by Gasteiger charge is 2.08. The molecule has 0 saturated heterocycles. The molecule has 0 nitrogen and oxygen atoms in total. The number of aryl methyl sites for hydroxylation is 1. The molecule has 0 unspecified atom stereocenters. The van der Waals surface area contributed by atoms with Gasteiger partial charge < -0.3 is 0 Å². The number of halogens is 2. The summed E-state index contributed by atoms with van der Waals surface area (Å²) in [5.74, 6) is 0. The molecule has 1 heterocycles. The quantitative estimate of drug-likeness (QED) is 0.696. The zero-order chi connectivity index (χ0) is 9.42. The van der Waals surface area contributed by atoms with Gasteiger partial charge in [0.1, 0.15) is 0 Å². The third-order valence-corrected chi connectivity index (χ3v) is 4.01. The van der Waals surface area contributed by atoms with Crippen LogP contribution in [0.3, 0.4) is 0 Å². The van der Waals surface area contributed by atoms with Crippen molar-refractivity contribution in [2.24, 2.45) is 0 Å². The van der Waals surface area contributed by atoms with E-state index in [1.54, 1.807) is 11.3 Å². The van der Waals surface area contributed by atoms with Gasteiger partial charge in [0, 0.05) is 9.17 Å². The Labute approximate surface area is 94.7 Å². The molecule has 0 saturated carbocycles. The smallest absolute Gasteiger partial charge is 0.0972 e. The van der Waals surface area contributed by atoms with E-state index in [-0.39, 0.29) is 0 Å². The van der Waals surface area contributed by atoms with E-state index in [0.29, 0.717) is 0 Å². The normalized spacial score (nSPS) is 11.0. The van der Waals surface area contributed by atoms with E-state index in [1.807, 2.05) is 0 Å². The molecule has 0 aliphatic rings. The number of thiophene rings is 1. The molecule has 0 radical (unpaired) electrons. The second kappa shape index (κ2) is 3.60. The molecule has 0 bridgehead atoms. The number of rotatable bonds is 1. The van der Waals surface area contributed by atoms with E-state index in [1.165, 1.54) is 15.6 Å². The zero-order valence-corrected chi connectivity index (χ0v) is 10.3. The maximum atomic E-state index is 6.12. The van der Waals surface area contributed by atoms with E-state index < -0.39 is 0 Å². The molecule has 13 heavy (non-hydrogen) atoms. The molecule has 0 spiro atoms. The SMILES string of the molecule is CCc1c(Cl)sc2ccc(Br)cc12. The summed E-state index contributed by atoms with van der Waals surface area (Å²) in [6.45, 7) is 2.13. The Bertz CT molecular complexity index is 447. The summed E-state index contributed by atoms with van der Waals surface area (Å²) < 4.78 is 3.31. The number of fused-ring (bicyclic) bond motifs is 1. The minimum Gasteiger partial charge on any atom is -0.123 e. The number of hydrogen-bond donors (Lipinski definition) is 0. The average Bonchev–Trinajstić information content (AvgIpc) is 2.40. The predicted octanol–water partition coefficient (Wildman–Crippen LogP) is 4.88. The van der Waals surface area contributed by atoms with E-state index in [2.05, 4.69) is 41.1 Å². The van der Waals surface area contributed by atoms with Gasteiger partial charge in [-0.2, -0.15) is 0 Å². The lowest BCUT2D eigenvalue weighted by molar-refractivity contribution is 1.17. The van der Waals surface area contributed by atoms with Crippen molar-refractivity contribution in [1.29, 1.82) is 0 Å². The Balaban J connectivity index is 2.80. The van der Waals surface area contributed by atoms with Crippen LogP contribution in [0.5, 0.6) is 0 Å². The maximum Gasteiger partial charge on any atom is 0.0972 e. The van der Waals surface area contributed by atoms with Gasteiger partial charge in [-0.3, -0.25) is 0 Å². The molecule has 0 atom stereocenters. The van der Waals surface area contributed by atoms with Crippen molar-refractivity contribution < 1.29 is 0 Å². The average molecular weight is 276 g/mol. The van der Waals surface area contributed by atoms with Crippen LogP contribution in [0, 0.1) is 0 Å². The lowest BCUT2D eigenvalue weighted by atomic mass is 10.1. The topological polar surface area (TPSA) is 0 Å². The Hall–Kier alpha value is -0.0500. The van der Waals surface area contributed by atoms with Gasteiger partial charge in [-0.15, -0.1) is 11.3 Å². The maximum absolute atomic E-state index is 6.12. The van der Waals surface area contributed by atoms with Crippen LogP contribution >= 0.6 is 38.9 Å². The summed E-state index contributed by atoms with van der Waals surface area (Å²) in [6.07, 6.45) is 0.995. The first-order valence-electron chi connectivity index (χ1n) is 4.08. The molecule has 0 N–H and O–H groups in total. The van der Waals surface area contributed by atoms with E-state index in [4.69, 9.17) is 11.6 Å². The first-order valence-corrected chi connectivity index (χ1v) is 6.07. The summed E-state index contributed by atoms with van der Waals surface area (Å²) in [7, 11) is 0. The fourth-order valence-corrected chi connectivity index (χ4v) is 3.27. The van der Waals surface area contributed by atoms with Crippen LogP contribution in [0.15, 0.2) is 22.7 Å². The van der Waals surface area contributed by atoms with Gasteiger partial charge in [-0.25, -0.2) is 0 Å². The second-order valence-corrected chi connectivity index (χ2v) is 5.42. The first kappa shape index (κ1) is 9.50. The molecule has 1 aromatic heterocycles. The zero-order valence-electron chi connectivity index (χ0n) is 7.10. The van der Waals surface area contributed by atoms with Crippen molar-refractivity contribution in [3.05, 3.63) is 32.6 Å². The summed E-state index contributed by atoms with van der Waals surface area (Å²) in [6, 6.07) is 6.29. The molecular weight excluding hydrogens is 268 g/mol. The van der Waals surface area contributed by atoms with Crippen molar-refractivity contribution in [2.75, 3.05) is 0 Å². The fourth-order valence-electron chi connectivity index (χ4n) is 1.42. The molecule has 3 heteroatoms. The molecule has 2 rings (SSSR count). The van der Waals surface area contributed by atoms with Crippen molar-refractivity contribution in [3.8, 4) is 0 Å². The van der Waals surface area contributed by atoms with E-state index >= 15 is 0 Å². The van der Waals surface area contributed by atoms with Crippen LogP contribution in [0.1, 0.15) is 12.5 Å². The highest BCUT2D eigenvalue weighted by molar-refractivity contribution is 9.10. The third kappa shape index (κ3) is 1.63. The predicted molar refractivity (Wildman–Crippen MR) is 63.9 cm³/mol. The second-order valence-electron chi connectivity index (χ2n) is 2.85. The van der Waals surface area contributed by atoms with Gasteiger partial charge in [0.2, 0.25) is 0 Å². The molecular formula is C10H8BrClS. The van der Waals surface area contributed by atoms with Crippen LogP contribution in [-0.2, 0) is 6.42 Å². The highest BCUT2D eigenvalue weighted by Crippen LogP contribution is 2.36. The van der Waals surface area contributed by atoms with Crippen molar-refractivity contribution in [1.82, 2.24) is 0 Å². The van der Waals surface area contributed by atoms with Crippen molar-refractivity contribution >= 4 is 49.0 Å². The van der Waals surface area contributed by atoms with E-state index in [9.17, 15) is 0 Å². The van der Waals surface area contributed by atoms with Gasteiger partial charge in [0.05, 0.1) is 4.34 Å². The molecule has 0 aliphatic carbocycles. The molecule has 0 aliphatic heterocycles. The van der Waals surface area contributed by atoms with Gasteiger partial charge in [0.15, 0.2) is 0 Å². The molecule has 68 valence electrons. The fraction of sp³-hybridized carbons (Fsp3) is 0.200. The van der Waals surface area contributed by atoms with Crippen LogP contribution in [0.2, 0.25) is 4.34 Å². The van der Waals surface area contributed by atoms with Gasteiger partial charge in [-0.1, -0.05) is 34.5 Å². The molecule has 1 aromatic carbocycles. The highest BCUT2D eigenvalue weighted by atomic mass is 79.9. The summed E-state index contributed by atoms with van der Waals surface area (Å²) in [4.78, 5) is 0. The number of benzene rings is 1. The number of hydrogen-bond acceptors (Lipinski definition) is 1. The molecule has 2 aromatic rings. The standard InChI is InChI=1S/C10H8BrClS/c1-2-7-8-5-6(11)3-4-9(8)13-10(7)12/h3-5H,2H2,1H3. The lowest BCUT2D eigenvalue weighted by Crippen LogP contribution is -1.76. The summed E-state index contributed by atoms with van der Waals surface area (Å²) in [5, 5.41) is 1.28. The Morgan fingerprint density at radius 2 is 2.23 bits per heavy atom. The van der Waals surface area contributed by atoms with Crippen molar-refractivity contribution in [3.63, 3.8) is 0 Å². The lowest BCUT2D eigenvalue weighted by Gasteiger charge is -1.95. The molecule has 0 fully saturated rings. The largest absolute Gasteiger partial charge is 0.123 e.